The maximum atomic E-state index is 12.5. The molecule has 0 saturated heterocycles. The predicted octanol–water partition coefficient (Wildman–Crippen LogP) is 3.88. The monoisotopic (exact) mass is 452 g/mol. The van der Waals surface area contributed by atoms with Crippen molar-refractivity contribution in [1.82, 2.24) is 15.0 Å². The third-order valence-corrected chi connectivity index (χ3v) is 5.60. The van der Waals surface area contributed by atoms with Gasteiger partial charge in [0.25, 0.3) is 0 Å². The standard InChI is InChI=1S/C27H28N6O/c1-33(2)22-10-5-7-19(17-22)24-12-11-23(25(26(28)34)20-8-6-14-29-18-20)27(32-24)31-16-13-21-9-3-4-15-30-21/h3-12,14-15,17-18,25H,13,16H2,1-2H3,(H2,28,34)(H,31,32). The molecular formula is C27H28N6O. The van der Waals surface area contributed by atoms with Gasteiger partial charge in [0.2, 0.25) is 5.91 Å². The maximum Gasteiger partial charge on any atom is 0.229 e. The minimum Gasteiger partial charge on any atom is -0.378 e. The summed E-state index contributed by atoms with van der Waals surface area (Å²) >= 11 is 0. The molecular weight excluding hydrogens is 424 g/mol. The molecule has 0 aliphatic heterocycles. The number of carbonyl (C=O) groups excluding carboxylic acids is 1. The van der Waals surface area contributed by atoms with Crippen LogP contribution in [0.5, 0.6) is 0 Å². The summed E-state index contributed by atoms with van der Waals surface area (Å²) in [6.07, 6.45) is 5.84. The number of amides is 1. The van der Waals surface area contributed by atoms with Crippen molar-refractivity contribution in [3.05, 3.63) is 102 Å². The number of aromatic nitrogens is 3. The van der Waals surface area contributed by atoms with Crippen molar-refractivity contribution in [3.8, 4) is 11.3 Å². The number of hydrogen-bond donors (Lipinski definition) is 2. The third-order valence-electron chi connectivity index (χ3n) is 5.60. The van der Waals surface area contributed by atoms with Crippen molar-refractivity contribution < 1.29 is 4.79 Å². The van der Waals surface area contributed by atoms with E-state index in [-0.39, 0.29) is 0 Å². The molecule has 3 aromatic heterocycles. The van der Waals surface area contributed by atoms with Crippen LogP contribution in [0.4, 0.5) is 11.5 Å². The summed E-state index contributed by atoms with van der Waals surface area (Å²) in [5.74, 6) is -0.498. The first-order chi connectivity index (χ1) is 16.5. The molecule has 7 heteroatoms. The fourth-order valence-corrected chi connectivity index (χ4v) is 3.85. The van der Waals surface area contributed by atoms with E-state index < -0.39 is 11.8 Å². The van der Waals surface area contributed by atoms with E-state index in [4.69, 9.17) is 10.7 Å². The topological polar surface area (TPSA) is 97.0 Å². The van der Waals surface area contributed by atoms with Gasteiger partial charge in [-0.2, -0.15) is 0 Å². The predicted molar refractivity (Wildman–Crippen MR) is 136 cm³/mol. The molecule has 0 radical (unpaired) electrons. The molecule has 1 unspecified atom stereocenters. The first-order valence-corrected chi connectivity index (χ1v) is 11.1. The first kappa shape index (κ1) is 22.9. The average molecular weight is 453 g/mol. The van der Waals surface area contributed by atoms with E-state index in [1.807, 2.05) is 62.6 Å². The van der Waals surface area contributed by atoms with E-state index in [0.29, 0.717) is 17.9 Å². The number of nitrogens with zero attached hydrogens (tertiary/aromatic N) is 4. The van der Waals surface area contributed by atoms with E-state index in [1.54, 1.807) is 24.7 Å². The van der Waals surface area contributed by atoms with Crippen molar-refractivity contribution in [1.29, 1.82) is 0 Å². The van der Waals surface area contributed by atoms with E-state index in [1.165, 1.54) is 0 Å². The number of pyridine rings is 3. The summed E-state index contributed by atoms with van der Waals surface area (Å²) in [7, 11) is 4.01. The summed E-state index contributed by atoms with van der Waals surface area (Å²) in [4.78, 5) is 28.1. The summed E-state index contributed by atoms with van der Waals surface area (Å²) < 4.78 is 0. The number of benzene rings is 1. The van der Waals surface area contributed by atoms with Crippen molar-refractivity contribution in [2.45, 2.75) is 12.3 Å². The molecule has 0 aliphatic carbocycles. The van der Waals surface area contributed by atoms with Crippen LogP contribution in [0.2, 0.25) is 0 Å². The molecule has 0 spiro atoms. The SMILES string of the molecule is CN(C)c1cccc(-c2ccc(C(C(N)=O)c3cccnc3)c(NCCc3ccccn3)n2)c1. The Morgan fingerprint density at radius 1 is 1.03 bits per heavy atom. The Morgan fingerprint density at radius 3 is 2.62 bits per heavy atom. The number of anilines is 2. The molecule has 172 valence electrons. The third kappa shape index (κ3) is 5.38. The van der Waals surface area contributed by atoms with Gasteiger partial charge in [-0.25, -0.2) is 4.98 Å². The van der Waals surface area contributed by atoms with Gasteiger partial charge in [0.1, 0.15) is 5.82 Å². The van der Waals surface area contributed by atoms with Crippen LogP contribution in [0.15, 0.2) is 85.3 Å². The molecule has 0 fully saturated rings. The second-order valence-corrected chi connectivity index (χ2v) is 8.20. The van der Waals surface area contributed by atoms with E-state index in [0.717, 1.165) is 34.6 Å². The molecule has 7 nitrogen and oxygen atoms in total. The number of carbonyl (C=O) groups is 1. The lowest BCUT2D eigenvalue weighted by Crippen LogP contribution is -2.24. The van der Waals surface area contributed by atoms with Gasteiger partial charge in [-0.3, -0.25) is 14.8 Å². The van der Waals surface area contributed by atoms with Crippen LogP contribution in [0.3, 0.4) is 0 Å². The van der Waals surface area contributed by atoms with Crippen molar-refractivity contribution in [2.75, 3.05) is 30.9 Å². The fraction of sp³-hybridized carbons (Fsp3) is 0.185. The number of nitrogens with one attached hydrogen (secondary N) is 1. The smallest absolute Gasteiger partial charge is 0.229 e. The fourth-order valence-electron chi connectivity index (χ4n) is 3.85. The highest BCUT2D eigenvalue weighted by atomic mass is 16.1. The van der Waals surface area contributed by atoms with Crippen LogP contribution in [-0.4, -0.2) is 41.5 Å². The molecule has 1 aromatic carbocycles. The Hall–Kier alpha value is -4.26. The molecule has 1 atom stereocenters. The lowest BCUT2D eigenvalue weighted by Gasteiger charge is -2.20. The molecule has 34 heavy (non-hydrogen) atoms. The Balaban J connectivity index is 1.72. The number of hydrogen-bond acceptors (Lipinski definition) is 6. The average Bonchev–Trinajstić information content (AvgIpc) is 2.86. The lowest BCUT2D eigenvalue weighted by molar-refractivity contribution is -0.118. The van der Waals surface area contributed by atoms with Crippen LogP contribution >= 0.6 is 0 Å². The quantitative estimate of drug-likeness (QED) is 0.400. The van der Waals surface area contributed by atoms with Gasteiger partial charge >= 0.3 is 0 Å². The van der Waals surface area contributed by atoms with Crippen LogP contribution in [0.1, 0.15) is 22.7 Å². The summed E-state index contributed by atoms with van der Waals surface area (Å²) in [5, 5.41) is 3.42. The van der Waals surface area contributed by atoms with Gasteiger partial charge in [0.05, 0.1) is 11.6 Å². The van der Waals surface area contributed by atoms with Gasteiger partial charge in [-0.15, -0.1) is 0 Å². The highest BCUT2D eigenvalue weighted by Gasteiger charge is 2.24. The highest BCUT2D eigenvalue weighted by molar-refractivity contribution is 5.87. The Kier molecular flexibility index (Phi) is 7.13. The zero-order valence-electron chi connectivity index (χ0n) is 19.3. The number of nitrogens with two attached hydrogens (primary N) is 1. The van der Waals surface area contributed by atoms with Crippen molar-refractivity contribution in [3.63, 3.8) is 0 Å². The molecule has 0 saturated carbocycles. The minimum absolute atomic E-state index is 0.454. The van der Waals surface area contributed by atoms with E-state index in [9.17, 15) is 4.79 Å². The van der Waals surface area contributed by atoms with Gasteiger partial charge in [0.15, 0.2) is 0 Å². The molecule has 3 heterocycles. The molecule has 0 aliphatic rings. The summed E-state index contributed by atoms with van der Waals surface area (Å²) in [6.45, 7) is 0.608. The second-order valence-electron chi connectivity index (χ2n) is 8.20. The molecule has 3 N–H and O–H groups in total. The first-order valence-electron chi connectivity index (χ1n) is 11.1. The second kappa shape index (κ2) is 10.6. The van der Waals surface area contributed by atoms with Gasteiger partial charge in [-0.1, -0.05) is 30.3 Å². The molecule has 0 bridgehead atoms. The van der Waals surface area contributed by atoms with Crippen molar-refractivity contribution >= 4 is 17.4 Å². The Morgan fingerprint density at radius 2 is 1.91 bits per heavy atom. The van der Waals surface area contributed by atoms with Crippen LogP contribution in [0, 0.1) is 0 Å². The minimum atomic E-state index is -0.666. The van der Waals surface area contributed by atoms with Gasteiger partial charge in [-0.05, 0) is 42.0 Å². The van der Waals surface area contributed by atoms with Crippen LogP contribution in [0.25, 0.3) is 11.3 Å². The maximum absolute atomic E-state index is 12.5. The van der Waals surface area contributed by atoms with Crippen LogP contribution in [-0.2, 0) is 11.2 Å². The van der Waals surface area contributed by atoms with Gasteiger partial charge in [0, 0.05) is 68.2 Å². The Bertz CT molecular complexity index is 1240. The van der Waals surface area contributed by atoms with E-state index >= 15 is 0 Å². The molecule has 1 amide bonds. The lowest BCUT2D eigenvalue weighted by atomic mass is 9.91. The van der Waals surface area contributed by atoms with Crippen LogP contribution < -0.4 is 16.0 Å². The normalized spacial score (nSPS) is 11.6. The number of rotatable bonds is 9. The van der Waals surface area contributed by atoms with Gasteiger partial charge < -0.3 is 16.0 Å². The summed E-state index contributed by atoms with van der Waals surface area (Å²) in [6, 6.07) is 21.5. The largest absolute Gasteiger partial charge is 0.378 e. The number of primary amides is 1. The van der Waals surface area contributed by atoms with Crippen molar-refractivity contribution in [2.24, 2.45) is 5.73 Å². The highest BCUT2D eigenvalue weighted by Crippen LogP contribution is 2.32. The molecule has 4 rings (SSSR count). The zero-order chi connectivity index (χ0) is 23.9. The van der Waals surface area contributed by atoms with E-state index in [2.05, 4.69) is 32.3 Å². The Labute approximate surface area is 199 Å². The molecule has 4 aromatic rings. The zero-order valence-corrected chi connectivity index (χ0v) is 19.3. The summed E-state index contributed by atoms with van der Waals surface area (Å²) in [5.41, 5.74) is 11.2.